The summed E-state index contributed by atoms with van der Waals surface area (Å²) in [4.78, 5) is 8.91. The lowest BCUT2D eigenvalue weighted by atomic mass is 10.2. The third-order valence-electron chi connectivity index (χ3n) is 3.32. The van der Waals surface area contributed by atoms with Crippen LogP contribution in [0.3, 0.4) is 0 Å². The van der Waals surface area contributed by atoms with Crippen LogP contribution >= 0.6 is 22.9 Å². The molecule has 20 heavy (non-hydrogen) atoms. The second kappa shape index (κ2) is 4.58. The van der Waals surface area contributed by atoms with Crippen LogP contribution < -0.4 is 0 Å². The van der Waals surface area contributed by atoms with Crippen LogP contribution in [0, 0.1) is 0 Å². The topological polar surface area (TPSA) is 30.7 Å². The predicted octanol–water partition coefficient (Wildman–Crippen LogP) is 4.37. The maximum atomic E-state index is 6.06. The second-order valence-electron chi connectivity index (χ2n) is 4.49. The highest BCUT2D eigenvalue weighted by atomic mass is 35.5. The van der Waals surface area contributed by atoms with Gasteiger partial charge < -0.3 is 0 Å². The van der Waals surface area contributed by atoms with Crippen LogP contribution in [0.5, 0.6) is 0 Å². The van der Waals surface area contributed by atoms with Crippen LogP contribution in [0.25, 0.3) is 26.9 Å². The van der Waals surface area contributed by atoms with Crippen molar-refractivity contribution in [2.45, 2.75) is 5.88 Å². The molecular weight excluding hydrogens is 290 g/mol. The van der Waals surface area contributed by atoms with Crippen molar-refractivity contribution in [1.82, 2.24) is 14.5 Å². The Kier molecular flexibility index (Phi) is 2.72. The van der Waals surface area contributed by atoms with E-state index in [0.29, 0.717) is 5.88 Å². The molecule has 2 heterocycles. The average Bonchev–Trinajstić information content (AvgIpc) is 3.09. The number of imidazole rings is 1. The van der Waals surface area contributed by atoms with E-state index in [4.69, 9.17) is 11.6 Å². The summed E-state index contributed by atoms with van der Waals surface area (Å²) in [6.07, 6.45) is 0. The minimum atomic E-state index is 0.384. The Labute approximate surface area is 124 Å². The number of fused-ring (bicyclic) bond motifs is 2. The average molecular weight is 300 g/mol. The third kappa shape index (κ3) is 1.72. The van der Waals surface area contributed by atoms with E-state index in [0.717, 1.165) is 28.1 Å². The van der Waals surface area contributed by atoms with Crippen LogP contribution in [-0.2, 0) is 5.88 Å². The highest BCUT2D eigenvalue weighted by Crippen LogP contribution is 2.26. The molecule has 2 aromatic carbocycles. The molecule has 0 unspecified atom stereocenters. The molecule has 0 atom stereocenters. The van der Waals surface area contributed by atoms with Crippen LogP contribution in [0.2, 0.25) is 0 Å². The first-order chi connectivity index (χ1) is 9.86. The van der Waals surface area contributed by atoms with E-state index in [1.54, 1.807) is 11.3 Å². The number of thiazole rings is 1. The van der Waals surface area contributed by atoms with E-state index in [2.05, 4.69) is 32.7 Å². The van der Waals surface area contributed by atoms with Crippen LogP contribution in [0.15, 0.2) is 48.0 Å². The van der Waals surface area contributed by atoms with Gasteiger partial charge in [0.2, 0.25) is 0 Å². The van der Waals surface area contributed by atoms with Gasteiger partial charge in [0.25, 0.3) is 0 Å². The number of rotatable bonds is 2. The molecular formula is C15H10ClN3S. The molecule has 0 radical (unpaired) electrons. The molecule has 98 valence electrons. The van der Waals surface area contributed by atoms with Gasteiger partial charge >= 0.3 is 0 Å². The fourth-order valence-corrected chi connectivity index (χ4v) is 3.33. The number of para-hydroxylation sites is 2. The normalized spacial score (nSPS) is 11.4. The van der Waals surface area contributed by atoms with E-state index in [1.807, 2.05) is 29.8 Å². The van der Waals surface area contributed by atoms with Crippen LogP contribution in [0.4, 0.5) is 0 Å². The van der Waals surface area contributed by atoms with Gasteiger partial charge in [0.1, 0.15) is 5.82 Å². The van der Waals surface area contributed by atoms with Crippen molar-refractivity contribution in [2.75, 3.05) is 0 Å². The molecule has 0 bridgehead atoms. The molecule has 0 aliphatic heterocycles. The lowest BCUT2D eigenvalue weighted by Gasteiger charge is -2.07. The maximum Gasteiger partial charge on any atom is 0.129 e. The molecule has 4 aromatic rings. The first-order valence-electron chi connectivity index (χ1n) is 6.23. The van der Waals surface area contributed by atoms with E-state index in [9.17, 15) is 0 Å². The number of halogens is 1. The van der Waals surface area contributed by atoms with Crippen LogP contribution in [0.1, 0.15) is 5.82 Å². The Bertz CT molecular complexity index is 910. The smallest absolute Gasteiger partial charge is 0.129 e. The zero-order valence-electron chi connectivity index (χ0n) is 10.5. The predicted molar refractivity (Wildman–Crippen MR) is 83.8 cm³/mol. The maximum absolute atomic E-state index is 6.06. The number of benzene rings is 2. The van der Waals surface area contributed by atoms with Gasteiger partial charge in [-0.2, -0.15) is 0 Å². The SMILES string of the molecule is ClCc1nc2ccccc2n1-c1ccc2ncsc2c1. The zero-order valence-corrected chi connectivity index (χ0v) is 12.0. The van der Waals surface area contributed by atoms with Gasteiger partial charge in [0.15, 0.2) is 0 Å². The minimum absolute atomic E-state index is 0.384. The highest BCUT2D eigenvalue weighted by molar-refractivity contribution is 7.16. The lowest BCUT2D eigenvalue weighted by molar-refractivity contribution is 0.984. The Balaban J connectivity index is 2.04. The second-order valence-corrected chi connectivity index (χ2v) is 5.64. The van der Waals surface area contributed by atoms with Gasteiger partial charge in [0, 0.05) is 5.69 Å². The van der Waals surface area contributed by atoms with Crippen molar-refractivity contribution < 1.29 is 0 Å². The summed E-state index contributed by atoms with van der Waals surface area (Å²) in [5.41, 5.74) is 6.00. The summed E-state index contributed by atoms with van der Waals surface area (Å²) in [6.45, 7) is 0. The van der Waals surface area contributed by atoms with Crippen molar-refractivity contribution in [3.05, 3.63) is 53.8 Å². The quantitative estimate of drug-likeness (QED) is 0.514. The summed E-state index contributed by atoms with van der Waals surface area (Å²) < 4.78 is 3.28. The molecule has 0 fully saturated rings. The summed E-state index contributed by atoms with van der Waals surface area (Å²) in [7, 11) is 0. The fourth-order valence-electron chi connectivity index (χ4n) is 2.44. The summed E-state index contributed by atoms with van der Waals surface area (Å²) in [5.74, 6) is 1.24. The van der Waals surface area contributed by atoms with Crippen molar-refractivity contribution in [1.29, 1.82) is 0 Å². The molecule has 4 rings (SSSR count). The summed E-state index contributed by atoms with van der Waals surface area (Å²) in [5, 5.41) is 0. The van der Waals surface area contributed by atoms with Gasteiger partial charge in [-0.15, -0.1) is 22.9 Å². The fraction of sp³-hybridized carbons (Fsp3) is 0.0667. The van der Waals surface area contributed by atoms with Crippen molar-refractivity contribution in [3.63, 3.8) is 0 Å². The van der Waals surface area contributed by atoms with Gasteiger partial charge in [-0.3, -0.25) is 4.57 Å². The Morgan fingerprint density at radius 3 is 2.90 bits per heavy atom. The van der Waals surface area contributed by atoms with Crippen molar-refractivity contribution >= 4 is 44.2 Å². The first kappa shape index (κ1) is 11.9. The van der Waals surface area contributed by atoms with Crippen molar-refractivity contribution in [2.24, 2.45) is 0 Å². The molecule has 0 spiro atoms. The largest absolute Gasteiger partial charge is 0.295 e. The summed E-state index contributed by atoms with van der Waals surface area (Å²) >= 11 is 7.70. The van der Waals surface area contributed by atoms with Gasteiger partial charge in [-0.25, -0.2) is 9.97 Å². The van der Waals surface area contributed by atoms with Crippen molar-refractivity contribution in [3.8, 4) is 5.69 Å². The standard InChI is InChI=1S/C15H10ClN3S/c16-8-15-18-11-3-1-2-4-13(11)19(15)10-5-6-12-14(7-10)20-9-17-12/h1-7,9H,8H2. The highest BCUT2D eigenvalue weighted by Gasteiger charge is 2.11. The number of alkyl halides is 1. The van der Waals surface area contributed by atoms with E-state index < -0.39 is 0 Å². The molecule has 0 aliphatic carbocycles. The Morgan fingerprint density at radius 1 is 1.10 bits per heavy atom. The van der Waals surface area contributed by atoms with E-state index >= 15 is 0 Å². The molecule has 0 aliphatic rings. The molecule has 5 heteroatoms. The molecule has 2 aromatic heterocycles. The third-order valence-corrected chi connectivity index (χ3v) is 4.35. The monoisotopic (exact) mass is 299 g/mol. The zero-order chi connectivity index (χ0) is 13.5. The molecule has 0 saturated carbocycles. The van der Waals surface area contributed by atoms with E-state index in [-0.39, 0.29) is 0 Å². The molecule has 0 N–H and O–H groups in total. The number of aromatic nitrogens is 3. The number of hydrogen-bond acceptors (Lipinski definition) is 3. The summed E-state index contributed by atoms with van der Waals surface area (Å²) in [6, 6.07) is 14.3. The Morgan fingerprint density at radius 2 is 2.00 bits per heavy atom. The van der Waals surface area contributed by atoms with Crippen LogP contribution in [-0.4, -0.2) is 14.5 Å². The van der Waals surface area contributed by atoms with Gasteiger partial charge in [-0.1, -0.05) is 12.1 Å². The first-order valence-corrected chi connectivity index (χ1v) is 7.64. The van der Waals surface area contributed by atoms with E-state index in [1.165, 1.54) is 4.70 Å². The molecule has 3 nitrogen and oxygen atoms in total. The molecule has 0 saturated heterocycles. The Hall–Kier alpha value is -1.91. The minimum Gasteiger partial charge on any atom is -0.295 e. The van der Waals surface area contributed by atoms with Gasteiger partial charge in [0.05, 0.1) is 32.6 Å². The van der Waals surface area contributed by atoms with Gasteiger partial charge in [-0.05, 0) is 30.3 Å². The number of hydrogen-bond donors (Lipinski definition) is 0. The lowest BCUT2D eigenvalue weighted by Crippen LogP contribution is -1.98. The molecule has 0 amide bonds. The number of nitrogens with zero attached hydrogens (tertiary/aromatic N) is 3.